The van der Waals surface area contributed by atoms with Crippen molar-refractivity contribution in [2.75, 3.05) is 18.8 Å². The predicted molar refractivity (Wildman–Crippen MR) is 75.4 cm³/mol. The number of rotatable bonds is 7. The van der Waals surface area contributed by atoms with Gasteiger partial charge in [-0.25, -0.2) is 0 Å². The third kappa shape index (κ3) is 5.30. The fourth-order valence-corrected chi connectivity index (χ4v) is 3.40. The van der Waals surface area contributed by atoms with E-state index in [1.54, 1.807) is 0 Å². The number of hydrogen-bond acceptors (Lipinski definition) is 3. The summed E-state index contributed by atoms with van der Waals surface area (Å²) in [6.07, 6.45) is 3.56. The molecule has 1 amide bonds. The lowest BCUT2D eigenvalue weighted by atomic mass is 10.1. The molecule has 1 rings (SSSR count). The first-order valence-corrected chi connectivity index (χ1v) is 7.84. The summed E-state index contributed by atoms with van der Waals surface area (Å²) < 4.78 is 0. The molecule has 2 N–H and O–H groups in total. The quantitative estimate of drug-likeness (QED) is 0.734. The van der Waals surface area contributed by atoms with Crippen LogP contribution in [0.15, 0.2) is 0 Å². The topological polar surface area (TPSA) is 41.1 Å². The maximum absolute atomic E-state index is 11.9. The monoisotopic (exact) mass is 258 g/mol. The maximum atomic E-state index is 11.9. The van der Waals surface area contributed by atoms with Crippen LogP contribution in [0.3, 0.4) is 0 Å². The summed E-state index contributed by atoms with van der Waals surface area (Å²) in [6, 6.07) is 0.413. The number of carbonyl (C=O) groups excluding carboxylic acids is 1. The van der Waals surface area contributed by atoms with Crippen LogP contribution < -0.4 is 10.6 Å². The highest BCUT2D eigenvalue weighted by Crippen LogP contribution is 2.29. The summed E-state index contributed by atoms with van der Waals surface area (Å²) in [4.78, 5) is 11.9. The Hall–Kier alpha value is -0.220. The highest BCUT2D eigenvalue weighted by atomic mass is 32.2. The van der Waals surface area contributed by atoms with Gasteiger partial charge in [-0.15, -0.1) is 0 Å². The van der Waals surface area contributed by atoms with Gasteiger partial charge >= 0.3 is 0 Å². The van der Waals surface area contributed by atoms with E-state index in [-0.39, 0.29) is 11.8 Å². The van der Waals surface area contributed by atoms with Gasteiger partial charge in [-0.1, -0.05) is 20.8 Å². The van der Waals surface area contributed by atoms with Crippen LogP contribution in [0.5, 0.6) is 0 Å². The highest BCUT2D eigenvalue weighted by Gasteiger charge is 2.26. The fourth-order valence-electron chi connectivity index (χ4n) is 2.26. The zero-order chi connectivity index (χ0) is 12.7. The summed E-state index contributed by atoms with van der Waals surface area (Å²) in [5.74, 6) is 1.47. The van der Waals surface area contributed by atoms with E-state index in [1.807, 2.05) is 18.7 Å². The summed E-state index contributed by atoms with van der Waals surface area (Å²) in [7, 11) is 0. The smallest absolute Gasteiger partial charge is 0.224 e. The molecule has 0 radical (unpaired) electrons. The third-order valence-electron chi connectivity index (χ3n) is 3.28. The molecule has 0 aliphatic heterocycles. The summed E-state index contributed by atoms with van der Waals surface area (Å²) in [5, 5.41) is 7.16. The molecular formula is C13H26N2OS. The molecule has 3 nitrogen and oxygen atoms in total. The Bertz CT molecular complexity index is 235. The van der Waals surface area contributed by atoms with Crippen molar-refractivity contribution in [1.29, 1.82) is 0 Å². The van der Waals surface area contributed by atoms with Gasteiger partial charge in [0.1, 0.15) is 0 Å². The van der Waals surface area contributed by atoms with Gasteiger partial charge in [0.2, 0.25) is 5.91 Å². The van der Waals surface area contributed by atoms with Crippen LogP contribution in [0, 0.1) is 5.92 Å². The Balaban J connectivity index is 2.23. The maximum Gasteiger partial charge on any atom is 0.224 e. The van der Waals surface area contributed by atoms with Crippen LogP contribution in [0.25, 0.3) is 0 Å². The summed E-state index contributed by atoms with van der Waals surface area (Å²) >= 11 is 2.03. The molecule has 1 saturated carbocycles. The molecule has 100 valence electrons. The van der Waals surface area contributed by atoms with Gasteiger partial charge in [0.25, 0.3) is 0 Å². The average Bonchev–Trinajstić information content (AvgIpc) is 2.74. The SMILES string of the molecule is CCNCC(C)C(=O)NC1CCC(SCC)C1. The van der Waals surface area contributed by atoms with Crippen molar-refractivity contribution in [2.45, 2.75) is 51.3 Å². The Kier molecular flexibility index (Phi) is 6.97. The molecule has 3 atom stereocenters. The van der Waals surface area contributed by atoms with Gasteiger partial charge in [0, 0.05) is 23.8 Å². The van der Waals surface area contributed by atoms with Crippen LogP contribution >= 0.6 is 11.8 Å². The number of amides is 1. The number of thioether (sulfide) groups is 1. The Labute approximate surface area is 109 Å². The molecule has 0 saturated heterocycles. The lowest BCUT2D eigenvalue weighted by molar-refractivity contribution is -0.125. The Morgan fingerprint density at radius 1 is 1.41 bits per heavy atom. The van der Waals surface area contributed by atoms with Crippen molar-refractivity contribution >= 4 is 17.7 Å². The molecule has 17 heavy (non-hydrogen) atoms. The molecule has 0 bridgehead atoms. The van der Waals surface area contributed by atoms with Crippen molar-refractivity contribution in [3.8, 4) is 0 Å². The van der Waals surface area contributed by atoms with Gasteiger partial charge < -0.3 is 10.6 Å². The van der Waals surface area contributed by atoms with E-state index >= 15 is 0 Å². The molecule has 4 heteroatoms. The standard InChI is InChI=1S/C13H26N2OS/c1-4-14-9-10(3)13(16)15-11-6-7-12(8-11)17-5-2/h10-12,14H,4-9H2,1-3H3,(H,15,16). The van der Waals surface area contributed by atoms with Crippen LogP contribution in [0.1, 0.15) is 40.0 Å². The third-order valence-corrected chi connectivity index (χ3v) is 4.51. The van der Waals surface area contributed by atoms with Crippen LogP contribution in [0.4, 0.5) is 0 Å². The number of hydrogen-bond donors (Lipinski definition) is 2. The first-order valence-electron chi connectivity index (χ1n) is 6.80. The predicted octanol–water partition coefficient (Wildman–Crippen LogP) is 2.02. The van der Waals surface area contributed by atoms with E-state index in [9.17, 15) is 4.79 Å². The molecular weight excluding hydrogens is 232 g/mol. The zero-order valence-electron chi connectivity index (χ0n) is 11.3. The molecule has 1 aliphatic rings. The number of nitrogens with one attached hydrogen (secondary N) is 2. The average molecular weight is 258 g/mol. The van der Waals surface area contributed by atoms with Crippen LogP contribution in [0.2, 0.25) is 0 Å². The molecule has 0 aromatic rings. The Morgan fingerprint density at radius 2 is 2.18 bits per heavy atom. The van der Waals surface area contributed by atoms with Crippen molar-refractivity contribution in [1.82, 2.24) is 10.6 Å². The lowest BCUT2D eigenvalue weighted by Gasteiger charge is -2.17. The van der Waals surface area contributed by atoms with Gasteiger partial charge in [-0.2, -0.15) is 11.8 Å². The second kappa shape index (κ2) is 7.98. The van der Waals surface area contributed by atoms with Crippen molar-refractivity contribution in [3.63, 3.8) is 0 Å². The van der Waals surface area contributed by atoms with E-state index in [0.717, 1.165) is 31.2 Å². The Morgan fingerprint density at radius 3 is 2.82 bits per heavy atom. The first kappa shape index (κ1) is 14.8. The molecule has 3 unspecified atom stereocenters. The normalized spacial score (nSPS) is 25.8. The van der Waals surface area contributed by atoms with E-state index in [0.29, 0.717) is 6.04 Å². The fraction of sp³-hybridized carbons (Fsp3) is 0.923. The van der Waals surface area contributed by atoms with E-state index in [2.05, 4.69) is 24.5 Å². The first-order chi connectivity index (χ1) is 8.17. The molecule has 0 aromatic carbocycles. The molecule has 0 heterocycles. The van der Waals surface area contributed by atoms with Gasteiger partial charge in [0.15, 0.2) is 0 Å². The molecule has 1 fully saturated rings. The van der Waals surface area contributed by atoms with Gasteiger partial charge in [-0.3, -0.25) is 4.79 Å². The summed E-state index contributed by atoms with van der Waals surface area (Å²) in [5.41, 5.74) is 0. The van der Waals surface area contributed by atoms with Crippen molar-refractivity contribution in [2.24, 2.45) is 5.92 Å². The van der Waals surface area contributed by atoms with Gasteiger partial charge in [-0.05, 0) is 31.6 Å². The van der Waals surface area contributed by atoms with E-state index in [1.165, 1.54) is 12.2 Å². The minimum atomic E-state index is 0.0767. The second-order valence-corrected chi connectivity index (χ2v) is 6.38. The minimum absolute atomic E-state index is 0.0767. The van der Waals surface area contributed by atoms with Crippen molar-refractivity contribution < 1.29 is 4.79 Å². The zero-order valence-corrected chi connectivity index (χ0v) is 12.1. The van der Waals surface area contributed by atoms with Crippen molar-refractivity contribution in [3.05, 3.63) is 0 Å². The van der Waals surface area contributed by atoms with Gasteiger partial charge in [0.05, 0.1) is 0 Å². The van der Waals surface area contributed by atoms with E-state index in [4.69, 9.17) is 0 Å². The highest BCUT2D eigenvalue weighted by molar-refractivity contribution is 7.99. The molecule has 0 aromatic heterocycles. The number of carbonyl (C=O) groups is 1. The lowest BCUT2D eigenvalue weighted by Crippen LogP contribution is -2.40. The van der Waals surface area contributed by atoms with E-state index < -0.39 is 0 Å². The second-order valence-electron chi connectivity index (χ2n) is 4.80. The molecule has 0 spiro atoms. The minimum Gasteiger partial charge on any atom is -0.353 e. The summed E-state index contributed by atoms with van der Waals surface area (Å²) in [6.45, 7) is 7.97. The van der Waals surface area contributed by atoms with Crippen LogP contribution in [-0.2, 0) is 4.79 Å². The van der Waals surface area contributed by atoms with Crippen LogP contribution in [-0.4, -0.2) is 36.0 Å². The largest absolute Gasteiger partial charge is 0.353 e. The molecule has 1 aliphatic carbocycles.